The molecule has 3 N–H and O–H groups in total. The molecule has 0 aliphatic carbocycles. The number of carbonyl (C=O) groups is 1. The predicted octanol–water partition coefficient (Wildman–Crippen LogP) is 2.76. The number of aliphatic hydroxyl groups is 1. The highest BCUT2D eigenvalue weighted by Gasteiger charge is 2.15. The van der Waals surface area contributed by atoms with E-state index in [0.717, 1.165) is 0 Å². The second-order valence-corrected chi connectivity index (χ2v) is 5.72. The van der Waals surface area contributed by atoms with E-state index in [1.807, 2.05) is 45.9 Å². The molecule has 0 unspecified atom stereocenters. The molecule has 0 saturated heterocycles. The lowest BCUT2D eigenvalue weighted by atomic mass is 10.2. The molecule has 0 radical (unpaired) electrons. The van der Waals surface area contributed by atoms with Gasteiger partial charge in [0, 0.05) is 12.6 Å². The van der Waals surface area contributed by atoms with Gasteiger partial charge in [-0.2, -0.15) is 0 Å². The van der Waals surface area contributed by atoms with Crippen molar-refractivity contribution in [3.05, 3.63) is 24.3 Å². The fourth-order valence-corrected chi connectivity index (χ4v) is 1.64. The van der Waals surface area contributed by atoms with Gasteiger partial charge in [0.05, 0.1) is 5.69 Å². The summed E-state index contributed by atoms with van der Waals surface area (Å²) in [7, 11) is 0. The van der Waals surface area contributed by atoms with Crippen molar-refractivity contribution in [2.24, 2.45) is 0 Å². The van der Waals surface area contributed by atoms with Crippen LogP contribution >= 0.6 is 0 Å². The van der Waals surface area contributed by atoms with E-state index in [0.29, 0.717) is 17.9 Å². The van der Waals surface area contributed by atoms with Crippen LogP contribution in [0.3, 0.4) is 0 Å². The van der Waals surface area contributed by atoms with Crippen molar-refractivity contribution in [2.45, 2.75) is 45.8 Å². The van der Waals surface area contributed by atoms with Crippen molar-refractivity contribution in [3.8, 4) is 5.75 Å². The standard InChI is InChI=1S/C15H24N2O3/c1-11(9-10-18)16-14(19)17-12-7-5-6-8-13(12)20-15(2,3)4/h5-8,11,18H,9-10H2,1-4H3,(H2,16,17,19)/t11-/m1/s1. The normalized spacial score (nSPS) is 12.7. The van der Waals surface area contributed by atoms with E-state index in [9.17, 15) is 4.79 Å². The highest BCUT2D eigenvalue weighted by atomic mass is 16.5. The largest absolute Gasteiger partial charge is 0.486 e. The first kappa shape index (κ1) is 16.3. The van der Waals surface area contributed by atoms with Gasteiger partial charge in [0.1, 0.15) is 11.4 Å². The molecule has 1 aromatic rings. The molecule has 0 heterocycles. The van der Waals surface area contributed by atoms with E-state index >= 15 is 0 Å². The van der Waals surface area contributed by atoms with Crippen LogP contribution in [0.15, 0.2) is 24.3 Å². The minimum Gasteiger partial charge on any atom is -0.486 e. The van der Waals surface area contributed by atoms with Crippen LogP contribution in [0.2, 0.25) is 0 Å². The molecule has 0 fully saturated rings. The molecule has 5 heteroatoms. The van der Waals surface area contributed by atoms with Crippen LogP contribution in [0.4, 0.5) is 10.5 Å². The van der Waals surface area contributed by atoms with Crippen LogP contribution in [0.25, 0.3) is 0 Å². The van der Waals surface area contributed by atoms with Crippen LogP contribution in [0.5, 0.6) is 5.75 Å². The Morgan fingerprint density at radius 1 is 1.35 bits per heavy atom. The van der Waals surface area contributed by atoms with E-state index in [-0.39, 0.29) is 24.3 Å². The third-order valence-electron chi connectivity index (χ3n) is 2.49. The summed E-state index contributed by atoms with van der Waals surface area (Å²) in [5.74, 6) is 0.630. The molecule has 0 bridgehead atoms. The maximum atomic E-state index is 11.9. The van der Waals surface area contributed by atoms with Gasteiger partial charge in [-0.05, 0) is 46.2 Å². The second kappa shape index (κ2) is 7.14. The van der Waals surface area contributed by atoms with Gasteiger partial charge in [0.2, 0.25) is 0 Å². The summed E-state index contributed by atoms with van der Waals surface area (Å²) in [4.78, 5) is 11.9. The summed E-state index contributed by atoms with van der Waals surface area (Å²) < 4.78 is 5.80. The smallest absolute Gasteiger partial charge is 0.319 e. The Hall–Kier alpha value is -1.75. The minimum absolute atomic E-state index is 0.0468. The number of hydrogen-bond donors (Lipinski definition) is 3. The Bertz CT molecular complexity index is 441. The number of benzene rings is 1. The topological polar surface area (TPSA) is 70.6 Å². The zero-order chi connectivity index (χ0) is 15.2. The average molecular weight is 280 g/mol. The minimum atomic E-state index is -0.335. The van der Waals surface area contributed by atoms with Crippen LogP contribution in [-0.2, 0) is 0 Å². The summed E-state index contributed by atoms with van der Waals surface area (Å²) in [6.45, 7) is 7.74. The number of hydrogen-bond acceptors (Lipinski definition) is 3. The maximum absolute atomic E-state index is 11.9. The molecule has 1 aromatic carbocycles. The van der Waals surface area contributed by atoms with Gasteiger partial charge in [-0.3, -0.25) is 0 Å². The van der Waals surface area contributed by atoms with Crippen molar-refractivity contribution in [1.29, 1.82) is 0 Å². The molecule has 112 valence electrons. The molecule has 20 heavy (non-hydrogen) atoms. The number of para-hydroxylation sites is 2. The van der Waals surface area contributed by atoms with E-state index in [1.165, 1.54) is 0 Å². The molecule has 1 rings (SSSR count). The monoisotopic (exact) mass is 280 g/mol. The van der Waals surface area contributed by atoms with E-state index in [4.69, 9.17) is 9.84 Å². The number of urea groups is 1. The Balaban J connectivity index is 2.70. The van der Waals surface area contributed by atoms with Crippen LogP contribution in [-0.4, -0.2) is 29.4 Å². The first-order valence-corrected chi connectivity index (χ1v) is 6.78. The maximum Gasteiger partial charge on any atom is 0.319 e. The third-order valence-corrected chi connectivity index (χ3v) is 2.49. The fourth-order valence-electron chi connectivity index (χ4n) is 1.64. The number of nitrogens with one attached hydrogen (secondary N) is 2. The van der Waals surface area contributed by atoms with Crippen LogP contribution in [0, 0.1) is 0 Å². The van der Waals surface area contributed by atoms with Crippen LogP contribution in [0.1, 0.15) is 34.1 Å². The van der Waals surface area contributed by atoms with Crippen molar-refractivity contribution < 1.29 is 14.6 Å². The van der Waals surface area contributed by atoms with Gasteiger partial charge in [-0.25, -0.2) is 4.79 Å². The Morgan fingerprint density at radius 2 is 2.00 bits per heavy atom. The van der Waals surface area contributed by atoms with Gasteiger partial charge in [0.25, 0.3) is 0 Å². The Morgan fingerprint density at radius 3 is 2.60 bits per heavy atom. The van der Waals surface area contributed by atoms with Gasteiger partial charge in [0.15, 0.2) is 0 Å². The number of ether oxygens (including phenoxy) is 1. The van der Waals surface area contributed by atoms with Crippen molar-refractivity contribution in [1.82, 2.24) is 5.32 Å². The Kier molecular flexibility index (Phi) is 5.82. The van der Waals surface area contributed by atoms with E-state index in [1.54, 1.807) is 6.07 Å². The molecule has 5 nitrogen and oxygen atoms in total. The predicted molar refractivity (Wildman–Crippen MR) is 80.1 cm³/mol. The summed E-state index contributed by atoms with van der Waals surface area (Å²) in [6, 6.07) is 6.91. The molecule has 0 saturated carbocycles. The molecule has 0 aliphatic heterocycles. The first-order valence-electron chi connectivity index (χ1n) is 6.78. The van der Waals surface area contributed by atoms with Crippen molar-refractivity contribution in [3.63, 3.8) is 0 Å². The number of rotatable bonds is 5. The second-order valence-electron chi connectivity index (χ2n) is 5.72. The molecule has 2 amide bonds. The Labute approximate surface area is 120 Å². The summed E-state index contributed by atoms with van der Waals surface area (Å²) in [5, 5.41) is 14.3. The summed E-state index contributed by atoms with van der Waals surface area (Å²) in [6.07, 6.45) is 0.521. The molecular formula is C15H24N2O3. The van der Waals surface area contributed by atoms with Gasteiger partial charge >= 0.3 is 6.03 Å². The quantitative estimate of drug-likeness (QED) is 0.776. The average Bonchev–Trinajstić information content (AvgIpc) is 2.30. The molecular weight excluding hydrogens is 256 g/mol. The number of carbonyl (C=O) groups excluding carboxylic acids is 1. The van der Waals surface area contributed by atoms with Crippen molar-refractivity contribution in [2.75, 3.05) is 11.9 Å². The molecule has 1 atom stereocenters. The SMILES string of the molecule is C[C@H](CCO)NC(=O)Nc1ccccc1OC(C)(C)C. The first-order chi connectivity index (χ1) is 9.31. The highest BCUT2D eigenvalue weighted by Crippen LogP contribution is 2.27. The zero-order valence-electron chi connectivity index (χ0n) is 12.6. The zero-order valence-corrected chi connectivity index (χ0v) is 12.6. The van der Waals surface area contributed by atoms with Gasteiger partial charge in [-0.15, -0.1) is 0 Å². The number of anilines is 1. The number of aliphatic hydroxyl groups excluding tert-OH is 1. The summed E-state index contributed by atoms with van der Waals surface area (Å²) >= 11 is 0. The number of amides is 2. The third kappa shape index (κ3) is 5.93. The highest BCUT2D eigenvalue weighted by molar-refractivity contribution is 5.91. The lowest BCUT2D eigenvalue weighted by Crippen LogP contribution is -2.36. The molecule has 0 aliphatic rings. The molecule has 0 spiro atoms. The van der Waals surface area contributed by atoms with E-state index in [2.05, 4.69) is 10.6 Å². The van der Waals surface area contributed by atoms with Crippen LogP contribution < -0.4 is 15.4 Å². The van der Waals surface area contributed by atoms with Crippen molar-refractivity contribution >= 4 is 11.7 Å². The lowest BCUT2D eigenvalue weighted by molar-refractivity contribution is 0.132. The van der Waals surface area contributed by atoms with Gasteiger partial charge in [-0.1, -0.05) is 12.1 Å². The summed E-state index contributed by atoms with van der Waals surface area (Å²) in [5.41, 5.74) is 0.287. The van der Waals surface area contributed by atoms with E-state index < -0.39 is 0 Å². The lowest BCUT2D eigenvalue weighted by Gasteiger charge is -2.23. The van der Waals surface area contributed by atoms with Gasteiger partial charge < -0.3 is 20.5 Å². The fraction of sp³-hybridized carbons (Fsp3) is 0.533. The molecule has 0 aromatic heterocycles.